The van der Waals surface area contributed by atoms with E-state index in [4.69, 9.17) is 0 Å². The molecule has 128 valence electrons. The first-order valence-corrected chi connectivity index (χ1v) is 10.5. The van der Waals surface area contributed by atoms with E-state index in [1.165, 1.54) is 40.5 Å². The van der Waals surface area contributed by atoms with Crippen LogP contribution in [-0.2, 0) is 22.7 Å². The Bertz CT molecular complexity index is 854. The van der Waals surface area contributed by atoms with E-state index in [-0.39, 0.29) is 16.6 Å². The number of carbonyl (C=O) groups excluding carboxylic acids is 1. The Labute approximate surface area is 146 Å². The number of benzene rings is 1. The highest BCUT2D eigenvalue weighted by atomic mass is 32.2. The summed E-state index contributed by atoms with van der Waals surface area (Å²) in [7, 11) is -3.25. The van der Waals surface area contributed by atoms with Crippen molar-refractivity contribution >= 4 is 32.2 Å². The van der Waals surface area contributed by atoms with Gasteiger partial charge in [-0.15, -0.1) is 11.3 Å². The molecule has 7 heteroatoms. The highest BCUT2D eigenvalue weighted by Crippen LogP contribution is 2.32. The molecular weight excluding hydrogens is 344 g/mol. The van der Waals surface area contributed by atoms with Crippen LogP contribution in [0.5, 0.6) is 0 Å². The fraction of sp³-hybridized carbons (Fsp3) is 0.412. The summed E-state index contributed by atoms with van der Waals surface area (Å²) >= 11 is 1.53. The van der Waals surface area contributed by atoms with Crippen LogP contribution >= 0.6 is 11.3 Å². The lowest BCUT2D eigenvalue weighted by molar-refractivity contribution is 0.102. The van der Waals surface area contributed by atoms with Gasteiger partial charge in [-0.3, -0.25) is 10.1 Å². The first-order valence-electron chi connectivity index (χ1n) is 8.02. The van der Waals surface area contributed by atoms with Gasteiger partial charge in [-0.1, -0.05) is 13.8 Å². The number of aryl methyl sites for hydroxylation is 1. The van der Waals surface area contributed by atoms with Crippen LogP contribution in [0.4, 0.5) is 5.13 Å². The minimum absolute atomic E-state index is 0.0433. The molecule has 1 amide bonds. The lowest BCUT2D eigenvalue weighted by Gasteiger charge is -2.15. The number of fused-ring (bicyclic) bond motifs is 1. The van der Waals surface area contributed by atoms with E-state index in [1.54, 1.807) is 6.92 Å². The molecule has 3 rings (SSSR count). The lowest BCUT2D eigenvalue weighted by Crippen LogP contribution is -2.12. The van der Waals surface area contributed by atoms with Gasteiger partial charge in [0.2, 0.25) is 0 Å². The molecule has 24 heavy (non-hydrogen) atoms. The van der Waals surface area contributed by atoms with E-state index in [0.717, 1.165) is 25.0 Å². The second kappa shape index (κ2) is 6.64. The number of sulfone groups is 1. The molecule has 2 aromatic rings. The van der Waals surface area contributed by atoms with Gasteiger partial charge in [0.25, 0.3) is 5.91 Å². The summed E-state index contributed by atoms with van der Waals surface area (Å²) in [5.74, 6) is 0.436. The topological polar surface area (TPSA) is 76.1 Å². The summed E-state index contributed by atoms with van der Waals surface area (Å²) in [6.45, 7) is 3.83. The van der Waals surface area contributed by atoms with Crippen LogP contribution in [0.15, 0.2) is 29.2 Å². The van der Waals surface area contributed by atoms with Crippen LogP contribution in [0, 0.1) is 5.92 Å². The second-order valence-electron chi connectivity index (χ2n) is 6.12. The molecule has 0 aliphatic heterocycles. The Morgan fingerprint density at radius 2 is 2.04 bits per heavy atom. The molecule has 1 N–H and O–H groups in total. The average molecular weight is 364 g/mol. The number of nitrogens with zero attached hydrogens (tertiary/aromatic N) is 1. The molecule has 0 saturated carbocycles. The summed E-state index contributed by atoms with van der Waals surface area (Å²) in [6.07, 6.45) is 3.12. The number of amides is 1. The maximum absolute atomic E-state index is 12.3. The predicted octanol–water partition coefficient (Wildman–Crippen LogP) is 3.31. The fourth-order valence-corrected chi connectivity index (χ4v) is 4.79. The standard InChI is InChI=1S/C17H20N2O3S2/c1-3-24(21,22)13-7-5-12(6-8-13)16(20)19-17-18-14-9-4-11(2)10-15(14)23-17/h5-8,11H,3-4,9-10H2,1-2H3,(H,18,19,20)/t11-/m1/s1. The van der Waals surface area contributed by atoms with Crippen LogP contribution in [0.3, 0.4) is 0 Å². The molecule has 1 heterocycles. The molecule has 1 aliphatic rings. The molecule has 0 bridgehead atoms. The molecule has 0 spiro atoms. The van der Waals surface area contributed by atoms with Gasteiger partial charge in [0.15, 0.2) is 15.0 Å². The van der Waals surface area contributed by atoms with E-state index >= 15 is 0 Å². The monoisotopic (exact) mass is 364 g/mol. The van der Waals surface area contributed by atoms with E-state index in [9.17, 15) is 13.2 Å². The Morgan fingerprint density at radius 3 is 2.71 bits per heavy atom. The highest BCUT2D eigenvalue weighted by molar-refractivity contribution is 7.91. The Balaban J connectivity index is 1.74. The molecule has 5 nitrogen and oxygen atoms in total. The van der Waals surface area contributed by atoms with Crippen molar-refractivity contribution < 1.29 is 13.2 Å². The van der Waals surface area contributed by atoms with Crippen molar-refractivity contribution in [2.24, 2.45) is 5.92 Å². The Hall–Kier alpha value is -1.73. The van der Waals surface area contributed by atoms with Crippen molar-refractivity contribution in [1.82, 2.24) is 4.98 Å². The number of thiazole rings is 1. The second-order valence-corrected chi connectivity index (χ2v) is 9.48. The third kappa shape index (κ3) is 3.52. The maximum atomic E-state index is 12.3. The van der Waals surface area contributed by atoms with Crippen LogP contribution in [0.2, 0.25) is 0 Å². The zero-order chi connectivity index (χ0) is 17.3. The van der Waals surface area contributed by atoms with Gasteiger partial charge in [0, 0.05) is 10.4 Å². The summed E-state index contributed by atoms with van der Waals surface area (Å²) in [5, 5.41) is 3.44. The van der Waals surface area contributed by atoms with E-state index in [1.807, 2.05) is 0 Å². The van der Waals surface area contributed by atoms with Crippen molar-refractivity contribution in [1.29, 1.82) is 0 Å². The average Bonchev–Trinajstić information content (AvgIpc) is 2.96. The number of nitrogens with one attached hydrogen (secondary N) is 1. The summed E-state index contributed by atoms with van der Waals surface area (Å²) in [6, 6.07) is 6.02. The third-order valence-electron chi connectivity index (χ3n) is 4.26. The zero-order valence-electron chi connectivity index (χ0n) is 13.7. The van der Waals surface area contributed by atoms with E-state index in [2.05, 4.69) is 17.2 Å². The van der Waals surface area contributed by atoms with Gasteiger partial charge >= 0.3 is 0 Å². The number of rotatable bonds is 4. The van der Waals surface area contributed by atoms with Crippen molar-refractivity contribution in [3.63, 3.8) is 0 Å². The van der Waals surface area contributed by atoms with Crippen LogP contribution in [0.25, 0.3) is 0 Å². The number of anilines is 1. The maximum Gasteiger partial charge on any atom is 0.257 e. The molecule has 1 aliphatic carbocycles. The SMILES string of the molecule is CCS(=O)(=O)c1ccc(C(=O)Nc2nc3c(s2)C[C@H](C)CC3)cc1. The van der Waals surface area contributed by atoms with Gasteiger partial charge in [0.05, 0.1) is 16.3 Å². The van der Waals surface area contributed by atoms with Crippen LogP contribution in [-0.4, -0.2) is 25.1 Å². The van der Waals surface area contributed by atoms with E-state index < -0.39 is 9.84 Å². The molecular formula is C17H20N2O3S2. The van der Waals surface area contributed by atoms with Crippen molar-refractivity contribution in [3.05, 3.63) is 40.4 Å². The van der Waals surface area contributed by atoms with Gasteiger partial charge in [0.1, 0.15) is 0 Å². The summed E-state index contributed by atoms with van der Waals surface area (Å²) < 4.78 is 23.6. The Kier molecular flexibility index (Phi) is 4.73. The van der Waals surface area contributed by atoms with Gasteiger partial charge < -0.3 is 0 Å². The summed E-state index contributed by atoms with van der Waals surface area (Å²) in [5.41, 5.74) is 1.52. The fourth-order valence-electron chi connectivity index (χ4n) is 2.74. The Morgan fingerprint density at radius 1 is 1.33 bits per heavy atom. The summed E-state index contributed by atoms with van der Waals surface area (Å²) in [4.78, 5) is 18.3. The van der Waals surface area contributed by atoms with E-state index in [0.29, 0.717) is 16.6 Å². The number of hydrogen-bond acceptors (Lipinski definition) is 5. The smallest absolute Gasteiger partial charge is 0.257 e. The van der Waals surface area contributed by atoms with Crippen LogP contribution < -0.4 is 5.32 Å². The first kappa shape index (κ1) is 17.1. The first-order chi connectivity index (χ1) is 11.4. The molecule has 0 fully saturated rings. The van der Waals surface area contributed by atoms with Crippen LogP contribution in [0.1, 0.15) is 41.2 Å². The van der Waals surface area contributed by atoms with Gasteiger partial charge in [-0.25, -0.2) is 13.4 Å². The lowest BCUT2D eigenvalue weighted by atomic mass is 9.93. The number of aromatic nitrogens is 1. The number of hydrogen-bond donors (Lipinski definition) is 1. The molecule has 0 saturated heterocycles. The van der Waals surface area contributed by atoms with Crippen molar-refractivity contribution in [2.45, 2.75) is 38.0 Å². The molecule has 1 atom stereocenters. The van der Waals surface area contributed by atoms with Crippen molar-refractivity contribution in [2.75, 3.05) is 11.1 Å². The third-order valence-corrected chi connectivity index (χ3v) is 7.05. The van der Waals surface area contributed by atoms with Gasteiger partial charge in [-0.2, -0.15) is 0 Å². The molecule has 0 unspecified atom stereocenters. The minimum Gasteiger partial charge on any atom is -0.298 e. The zero-order valence-corrected chi connectivity index (χ0v) is 15.3. The van der Waals surface area contributed by atoms with Crippen molar-refractivity contribution in [3.8, 4) is 0 Å². The molecule has 1 aromatic heterocycles. The van der Waals surface area contributed by atoms with Gasteiger partial charge in [-0.05, 0) is 49.4 Å². The quantitative estimate of drug-likeness (QED) is 0.903. The number of carbonyl (C=O) groups is 1. The minimum atomic E-state index is -3.25. The predicted molar refractivity (Wildman–Crippen MR) is 95.4 cm³/mol. The highest BCUT2D eigenvalue weighted by Gasteiger charge is 2.21. The molecule has 0 radical (unpaired) electrons. The molecule has 1 aromatic carbocycles. The largest absolute Gasteiger partial charge is 0.298 e. The normalized spacial score (nSPS) is 17.3.